The van der Waals surface area contributed by atoms with Crippen LogP contribution in [0.5, 0.6) is 0 Å². The Bertz CT molecular complexity index is 814. The monoisotopic (exact) mass is 420 g/mol. The molecular weight excluding hydrogens is 384 g/mol. The molecule has 1 fully saturated rings. The van der Waals surface area contributed by atoms with Crippen LogP contribution in [0.2, 0.25) is 0 Å². The molecule has 162 valence electrons. The molecule has 1 aliphatic rings. The Morgan fingerprint density at radius 3 is 2.45 bits per heavy atom. The number of hydrogen-bond acceptors (Lipinski definition) is 5. The molecule has 5 nitrogen and oxygen atoms in total. The predicted octanol–water partition coefficient (Wildman–Crippen LogP) is 4.55. The quantitative estimate of drug-likeness (QED) is 0.577. The van der Waals surface area contributed by atoms with Gasteiger partial charge in [-0.3, -0.25) is 4.90 Å². The molecule has 1 atom stereocenters. The van der Waals surface area contributed by atoms with Gasteiger partial charge in [0.05, 0.1) is 16.1 Å². The second-order valence-electron chi connectivity index (χ2n) is 9.27. The molecule has 0 amide bonds. The molecule has 1 heterocycles. The number of ether oxygens (including phenoxy) is 1. The Kier molecular flexibility index (Phi) is 8.28. The molecule has 0 bridgehead atoms. The molecule has 1 unspecified atom stereocenters. The van der Waals surface area contributed by atoms with Crippen LogP contribution in [0.1, 0.15) is 70.9 Å². The van der Waals surface area contributed by atoms with E-state index in [4.69, 9.17) is 4.74 Å². The second-order valence-corrected chi connectivity index (χ2v) is 11.3. The molecule has 29 heavy (non-hydrogen) atoms. The predicted molar refractivity (Wildman–Crippen MR) is 116 cm³/mol. The highest BCUT2D eigenvalue weighted by molar-refractivity contribution is 7.90. The SMILES string of the molecule is CC(OC(C)(C)C)N1CCC(CCCCc2ccc(S(C)(=O)=O)c(C#N)c2)CC1. The van der Waals surface area contributed by atoms with Crippen molar-refractivity contribution in [1.82, 2.24) is 4.90 Å². The zero-order valence-electron chi connectivity index (χ0n) is 18.6. The van der Waals surface area contributed by atoms with Gasteiger partial charge >= 0.3 is 0 Å². The Morgan fingerprint density at radius 1 is 1.24 bits per heavy atom. The lowest BCUT2D eigenvalue weighted by Crippen LogP contribution is -2.44. The fourth-order valence-electron chi connectivity index (χ4n) is 4.10. The summed E-state index contributed by atoms with van der Waals surface area (Å²) < 4.78 is 29.5. The number of hydrogen-bond donors (Lipinski definition) is 0. The van der Waals surface area contributed by atoms with Gasteiger partial charge in [-0.1, -0.05) is 18.9 Å². The maximum Gasteiger partial charge on any atom is 0.176 e. The summed E-state index contributed by atoms with van der Waals surface area (Å²) in [5, 5.41) is 9.24. The van der Waals surface area contributed by atoms with Crippen LogP contribution in [0, 0.1) is 17.2 Å². The molecule has 1 aromatic rings. The maximum absolute atomic E-state index is 11.7. The van der Waals surface area contributed by atoms with Gasteiger partial charge < -0.3 is 4.74 Å². The summed E-state index contributed by atoms with van der Waals surface area (Å²) in [5.41, 5.74) is 1.18. The fraction of sp³-hybridized carbons (Fsp3) is 0.696. The molecule has 0 spiro atoms. The molecule has 1 aliphatic heterocycles. The molecule has 0 aromatic heterocycles. The number of nitriles is 1. The maximum atomic E-state index is 11.7. The van der Waals surface area contributed by atoms with Crippen molar-refractivity contribution in [3.8, 4) is 6.07 Å². The molecule has 6 heteroatoms. The van der Waals surface area contributed by atoms with Gasteiger partial charge in [0.15, 0.2) is 9.84 Å². The molecular formula is C23H36N2O3S. The van der Waals surface area contributed by atoms with E-state index in [0.717, 1.165) is 50.1 Å². The van der Waals surface area contributed by atoms with Crippen molar-refractivity contribution < 1.29 is 13.2 Å². The first-order chi connectivity index (χ1) is 13.5. The van der Waals surface area contributed by atoms with Crippen LogP contribution in [0.25, 0.3) is 0 Å². The van der Waals surface area contributed by atoms with Gasteiger partial charge in [-0.2, -0.15) is 5.26 Å². The minimum absolute atomic E-state index is 0.110. The highest BCUT2D eigenvalue weighted by Gasteiger charge is 2.25. The zero-order valence-corrected chi connectivity index (χ0v) is 19.4. The first-order valence-electron chi connectivity index (χ1n) is 10.6. The minimum Gasteiger partial charge on any atom is -0.358 e. The third kappa shape index (κ3) is 7.73. The van der Waals surface area contributed by atoms with Crippen LogP contribution in [0.4, 0.5) is 0 Å². The van der Waals surface area contributed by atoms with Gasteiger partial charge in [0.2, 0.25) is 0 Å². The van der Waals surface area contributed by atoms with Crippen LogP contribution in [-0.2, 0) is 21.0 Å². The van der Waals surface area contributed by atoms with E-state index >= 15 is 0 Å². The molecule has 2 rings (SSSR count). The van der Waals surface area contributed by atoms with Gasteiger partial charge in [-0.05, 0) is 77.0 Å². The van der Waals surface area contributed by atoms with E-state index in [1.807, 2.05) is 12.1 Å². The summed E-state index contributed by atoms with van der Waals surface area (Å²) in [6, 6.07) is 7.15. The summed E-state index contributed by atoms with van der Waals surface area (Å²) in [4.78, 5) is 2.56. The normalized spacial score (nSPS) is 17.8. The van der Waals surface area contributed by atoms with Crippen molar-refractivity contribution in [1.29, 1.82) is 5.26 Å². The third-order valence-corrected chi connectivity index (χ3v) is 6.73. The molecule has 0 aliphatic carbocycles. The largest absolute Gasteiger partial charge is 0.358 e. The van der Waals surface area contributed by atoms with Crippen LogP contribution in [0.3, 0.4) is 0 Å². The van der Waals surface area contributed by atoms with E-state index in [-0.39, 0.29) is 22.3 Å². The van der Waals surface area contributed by atoms with Gasteiger partial charge in [-0.15, -0.1) is 0 Å². The third-order valence-electron chi connectivity index (χ3n) is 5.58. The van der Waals surface area contributed by atoms with Crippen molar-refractivity contribution in [3.05, 3.63) is 29.3 Å². The smallest absolute Gasteiger partial charge is 0.176 e. The van der Waals surface area contributed by atoms with Crippen molar-refractivity contribution in [2.75, 3.05) is 19.3 Å². The van der Waals surface area contributed by atoms with Crippen LogP contribution < -0.4 is 0 Å². The van der Waals surface area contributed by atoms with Crippen LogP contribution in [0.15, 0.2) is 23.1 Å². The van der Waals surface area contributed by atoms with E-state index in [1.54, 1.807) is 12.1 Å². The second kappa shape index (κ2) is 10.1. The highest BCUT2D eigenvalue weighted by atomic mass is 32.2. The lowest BCUT2D eigenvalue weighted by Gasteiger charge is -2.38. The number of sulfone groups is 1. The number of nitrogens with zero attached hydrogens (tertiary/aromatic N) is 2. The number of likely N-dealkylation sites (tertiary alicyclic amines) is 1. The summed E-state index contributed by atoms with van der Waals surface area (Å²) in [6.45, 7) is 10.6. The Morgan fingerprint density at radius 2 is 1.90 bits per heavy atom. The standard InChI is InChI=1S/C23H36N2O3S/c1-18(28-23(2,3)4)25-14-12-19(13-15-25)8-6-7-9-20-10-11-22(29(5,26)27)21(16-20)17-24/h10-11,16,18-19H,6-9,12-15H2,1-5H3. The molecule has 1 saturated heterocycles. The lowest BCUT2D eigenvalue weighted by atomic mass is 9.90. The number of piperidine rings is 1. The van der Waals surface area contributed by atoms with E-state index < -0.39 is 9.84 Å². The molecule has 1 aromatic carbocycles. The number of benzene rings is 1. The Balaban J connectivity index is 1.74. The van der Waals surface area contributed by atoms with E-state index in [9.17, 15) is 13.7 Å². The van der Waals surface area contributed by atoms with E-state index in [0.29, 0.717) is 0 Å². The van der Waals surface area contributed by atoms with Gasteiger partial charge in [0, 0.05) is 19.3 Å². The Hall–Kier alpha value is -1.42. The summed E-state index contributed by atoms with van der Waals surface area (Å²) in [6.07, 6.45) is 8.09. The van der Waals surface area contributed by atoms with Gasteiger partial charge in [-0.25, -0.2) is 8.42 Å². The van der Waals surface area contributed by atoms with E-state index in [2.05, 4.69) is 32.6 Å². The number of unbranched alkanes of at least 4 members (excludes halogenated alkanes) is 1. The first-order valence-corrected chi connectivity index (χ1v) is 12.5. The fourth-order valence-corrected chi connectivity index (χ4v) is 4.92. The molecule has 0 N–H and O–H groups in total. The molecule has 0 radical (unpaired) electrons. The van der Waals surface area contributed by atoms with Crippen molar-refractivity contribution in [2.24, 2.45) is 5.92 Å². The zero-order chi connectivity index (χ0) is 21.7. The topological polar surface area (TPSA) is 70.4 Å². The average molecular weight is 421 g/mol. The van der Waals surface area contributed by atoms with Crippen LogP contribution in [-0.4, -0.2) is 44.5 Å². The number of rotatable bonds is 8. The first kappa shape index (κ1) is 23.9. The van der Waals surface area contributed by atoms with Crippen LogP contribution >= 0.6 is 0 Å². The van der Waals surface area contributed by atoms with E-state index in [1.165, 1.54) is 19.3 Å². The summed E-state index contributed by atoms with van der Waals surface area (Å²) in [7, 11) is -3.36. The molecule has 0 saturated carbocycles. The Labute approximate surface area is 177 Å². The lowest BCUT2D eigenvalue weighted by molar-refractivity contribution is -0.130. The van der Waals surface area contributed by atoms with Gasteiger partial charge in [0.1, 0.15) is 12.3 Å². The summed E-state index contributed by atoms with van der Waals surface area (Å²) in [5.74, 6) is 0.773. The van der Waals surface area contributed by atoms with Gasteiger partial charge in [0.25, 0.3) is 0 Å². The van der Waals surface area contributed by atoms with Crippen molar-refractivity contribution in [2.45, 2.75) is 82.9 Å². The minimum atomic E-state index is -3.36. The highest BCUT2D eigenvalue weighted by Crippen LogP contribution is 2.26. The summed E-state index contributed by atoms with van der Waals surface area (Å²) >= 11 is 0. The van der Waals surface area contributed by atoms with Crippen molar-refractivity contribution >= 4 is 9.84 Å². The average Bonchev–Trinajstić information content (AvgIpc) is 2.63. The van der Waals surface area contributed by atoms with Crippen molar-refractivity contribution in [3.63, 3.8) is 0 Å². The number of aryl methyl sites for hydroxylation is 1.